The van der Waals surface area contributed by atoms with Crippen LogP contribution in [0.3, 0.4) is 0 Å². The monoisotopic (exact) mass is 918 g/mol. The molecule has 2 aliphatic heterocycles. The molecule has 0 saturated carbocycles. The molecule has 14 heteroatoms. The SMILES string of the molecule is CCCCC/C=C\CCCCCCCC(=O)NC(COC1OC(CO)C(OC2OC(CO)C(O)C(O)C2O)C(O)C1O)C(O)CCCCCCCCCCCCCCCCCCCC. The number of ether oxygens (including phenoxy) is 4. The molecule has 2 saturated heterocycles. The van der Waals surface area contributed by atoms with Gasteiger partial charge >= 0.3 is 0 Å². The summed E-state index contributed by atoms with van der Waals surface area (Å²) in [5.74, 6) is -0.216. The Bertz CT molecular complexity index is 1130. The molecular weight excluding hydrogens is 823 g/mol. The molecule has 0 aromatic heterocycles. The topological polar surface area (TPSA) is 228 Å². The average Bonchev–Trinajstić information content (AvgIpc) is 3.29. The molecule has 0 bridgehead atoms. The summed E-state index contributed by atoms with van der Waals surface area (Å²) < 4.78 is 22.7. The first kappa shape index (κ1) is 58.9. The van der Waals surface area contributed by atoms with E-state index in [1.54, 1.807) is 0 Å². The zero-order chi connectivity index (χ0) is 46.8. The van der Waals surface area contributed by atoms with Gasteiger partial charge in [-0.3, -0.25) is 4.79 Å². The minimum absolute atomic E-state index is 0.216. The Morgan fingerprint density at radius 3 is 1.52 bits per heavy atom. The number of hydrogen-bond donors (Lipinski definition) is 9. The van der Waals surface area contributed by atoms with Crippen LogP contribution in [0.2, 0.25) is 0 Å². The van der Waals surface area contributed by atoms with Gasteiger partial charge in [0.2, 0.25) is 5.91 Å². The summed E-state index contributed by atoms with van der Waals surface area (Å²) in [6, 6.07) is -0.828. The summed E-state index contributed by atoms with van der Waals surface area (Å²) in [4.78, 5) is 13.2. The first-order valence-electron chi connectivity index (χ1n) is 25.9. The van der Waals surface area contributed by atoms with Gasteiger partial charge < -0.3 is 65.1 Å². The molecule has 12 unspecified atom stereocenters. The number of unbranched alkanes of at least 4 members (excludes halogenated alkanes) is 25. The van der Waals surface area contributed by atoms with Crippen LogP contribution in [0, 0.1) is 0 Å². The first-order chi connectivity index (χ1) is 31.1. The van der Waals surface area contributed by atoms with Crippen molar-refractivity contribution in [3.63, 3.8) is 0 Å². The van der Waals surface area contributed by atoms with Crippen molar-refractivity contribution in [3.05, 3.63) is 12.2 Å². The Morgan fingerprint density at radius 2 is 0.984 bits per heavy atom. The van der Waals surface area contributed by atoms with Crippen LogP contribution in [0.5, 0.6) is 0 Å². The van der Waals surface area contributed by atoms with E-state index in [1.165, 1.54) is 109 Å². The maximum absolute atomic E-state index is 13.2. The van der Waals surface area contributed by atoms with E-state index in [2.05, 4.69) is 31.3 Å². The molecule has 2 heterocycles. The molecule has 0 aliphatic carbocycles. The smallest absolute Gasteiger partial charge is 0.220 e. The quantitative estimate of drug-likeness (QED) is 0.0229. The summed E-state index contributed by atoms with van der Waals surface area (Å²) in [7, 11) is 0. The van der Waals surface area contributed by atoms with E-state index in [1.807, 2.05) is 0 Å². The normalized spacial score (nSPS) is 27.3. The zero-order valence-corrected chi connectivity index (χ0v) is 40.0. The van der Waals surface area contributed by atoms with Crippen molar-refractivity contribution in [3.8, 4) is 0 Å². The van der Waals surface area contributed by atoms with Gasteiger partial charge in [0.1, 0.15) is 48.8 Å². The van der Waals surface area contributed by atoms with Gasteiger partial charge in [0.25, 0.3) is 0 Å². The lowest BCUT2D eigenvalue weighted by atomic mass is 9.97. The zero-order valence-electron chi connectivity index (χ0n) is 40.0. The summed E-state index contributed by atoms with van der Waals surface area (Å²) in [6.07, 6.45) is 22.1. The molecule has 378 valence electrons. The highest BCUT2D eigenvalue weighted by molar-refractivity contribution is 5.76. The van der Waals surface area contributed by atoms with Crippen molar-refractivity contribution in [2.75, 3.05) is 19.8 Å². The van der Waals surface area contributed by atoms with Crippen LogP contribution in [0.4, 0.5) is 0 Å². The number of nitrogens with one attached hydrogen (secondary N) is 1. The van der Waals surface area contributed by atoms with Gasteiger partial charge in [0.05, 0.1) is 32.0 Å². The van der Waals surface area contributed by atoms with Crippen LogP contribution in [0.25, 0.3) is 0 Å². The van der Waals surface area contributed by atoms with E-state index in [0.29, 0.717) is 19.3 Å². The number of allylic oxidation sites excluding steroid dienone is 2. The van der Waals surface area contributed by atoms with Crippen molar-refractivity contribution >= 4 is 5.91 Å². The van der Waals surface area contributed by atoms with Gasteiger partial charge in [-0.15, -0.1) is 0 Å². The van der Waals surface area contributed by atoms with Gasteiger partial charge in [0.15, 0.2) is 12.6 Å². The second-order valence-corrected chi connectivity index (χ2v) is 18.7. The van der Waals surface area contributed by atoms with Gasteiger partial charge in [-0.1, -0.05) is 174 Å². The Morgan fingerprint density at radius 1 is 0.547 bits per heavy atom. The van der Waals surface area contributed by atoms with E-state index in [0.717, 1.165) is 64.2 Å². The van der Waals surface area contributed by atoms with Crippen molar-refractivity contribution < 1.29 is 64.6 Å². The van der Waals surface area contributed by atoms with E-state index in [4.69, 9.17) is 18.9 Å². The first-order valence-corrected chi connectivity index (χ1v) is 25.9. The second-order valence-electron chi connectivity index (χ2n) is 18.7. The maximum Gasteiger partial charge on any atom is 0.220 e. The van der Waals surface area contributed by atoms with Crippen LogP contribution in [0.15, 0.2) is 12.2 Å². The van der Waals surface area contributed by atoms with Crippen molar-refractivity contribution in [2.45, 2.75) is 280 Å². The lowest BCUT2D eigenvalue weighted by Crippen LogP contribution is -2.65. The van der Waals surface area contributed by atoms with Crippen molar-refractivity contribution in [2.24, 2.45) is 0 Å². The number of carbonyl (C=O) groups is 1. The molecule has 0 aromatic rings. The predicted molar refractivity (Wildman–Crippen MR) is 249 cm³/mol. The average molecular weight is 918 g/mol. The highest BCUT2D eigenvalue weighted by Gasteiger charge is 2.51. The minimum atomic E-state index is -1.78. The fourth-order valence-corrected chi connectivity index (χ4v) is 8.70. The molecule has 0 spiro atoms. The van der Waals surface area contributed by atoms with Gasteiger partial charge in [-0.2, -0.15) is 0 Å². The molecule has 0 aromatic carbocycles. The third-order valence-electron chi connectivity index (χ3n) is 13.0. The number of rotatable bonds is 40. The van der Waals surface area contributed by atoms with Crippen LogP contribution in [-0.2, 0) is 23.7 Å². The molecular formula is C50H95NO13. The van der Waals surface area contributed by atoms with Crippen LogP contribution < -0.4 is 5.32 Å². The highest BCUT2D eigenvalue weighted by atomic mass is 16.7. The minimum Gasteiger partial charge on any atom is -0.394 e. The van der Waals surface area contributed by atoms with Crippen LogP contribution in [0.1, 0.15) is 206 Å². The van der Waals surface area contributed by atoms with Crippen LogP contribution in [-0.4, -0.2) is 140 Å². The van der Waals surface area contributed by atoms with E-state index >= 15 is 0 Å². The predicted octanol–water partition coefficient (Wildman–Crippen LogP) is 6.77. The van der Waals surface area contributed by atoms with E-state index < -0.39 is 86.8 Å². The summed E-state index contributed by atoms with van der Waals surface area (Å²) >= 11 is 0. The molecule has 2 aliphatic rings. The van der Waals surface area contributed by atoms with Gasteiger partial charge in [0, 0.05) is 6.42 Å². The van der Waals surface area contributed by atoms with Crippen LogP contribution >= 0.6 is 0 Å². The van der Waals surface area contributed by atoms with Crippen molar-refractivity contribution in [1.82, 2.24) is 5.32 Å². The Kier molecular flexibility index (Phi) is 34.7. The molecule has 12 atom stereocenters. The van der Waals surface area contributed by atoms with Crippen molar-refractivity contribution in [1.29, 1.82) is 0 Å². The maximum atomic E-state index is 13.2. The third-order valence-corrected chi connectivity index (χ3v) is 13.0. The molecule has 0 radical (unpaired) electrons. The van der Waals surface area contributed by atoms with Gasteiger partial charge in [-0.05, 0) is 38.5 Å². The Balaban J connectivity index is 1.82. The molecule has 64 heavy (non-hydrogen) atoms. The fourth-order valence-electron chi connectivity index (χ4n) is 8.70. The number of aliphatic hydroxyl groups excluding tert-OH is 8. The molecule has 9 N–H and O–H groups in total. The molecule has 2 fully saturated rings. The molecule has 1 amide bonds. The van der Waals surface area contributed by atoms with Gasteiger partial charge in [-0.25, -0.2) is 0 Å². The van der Waals surface area contributed by atoms with E-state index in [9.17, 15) is 45.6 Å². The number of aliphatic hydroxyl groups is 8. The number of hydrogen-bond acceptors (Lipinski definition) is 13. The Hall–Kier alpha value is -1.27. The number of amides is 1. The highest BCUT2D eigenvalue weighted by Crippen LogP contribution is 2.30. The molecule has 2 rings (SSSR count). The summed E-state index contributed by atoms with van der Waals surface area (Å²) in [6.45, 7) is 2.82. The van der Waals surface area contributed by atoms with E-state index in [-0.39, 0.29) is 12.5 Å². The Labute approximate surface area is 386 Å². The standard InChI is InChI=1S/C50H95NO13/c1-3-5-7-9-11-13-15-17-18-19-20-21-22-23-25-27-29-31-33-39(54)38(51-42(55)34-32-30-28-26-24-16-14-12-10-8-6-4-2)37-61-49-47(60)45(58)48(41(36-53)63-49)64-50-46(59)44(57)43(56)40(35-52)62-50/h12,14,38-41,43-50,52-54,56-60H,3-11,13,15-37H2,1-2H3,(H,51,55)/b14-12-. The lowest BCUT2D eigenvalue weighted by molar-refractivity contribution is -0.359. The lowest BCUT2D eigenvalue weighted by Gasteiger charge is -2.46. The third kappa shape index (κ3) is 24.7. The number of carbonyl (C=O) groups excluding carboxylic acids is 1. The second kappa shape index (κ2) is 37.7. The largest absolute Gasteiger partial charge is 0.394 e. The summed E-state index contributed by atoms with van der Waals surface area (Å²) in [5, 5.41) is 86.9. The fraction of sp³-hybridized carbons (Fsp3) is 0.940. The summed E-state index contributed by atoms with van der Waals surface area (Å²) in [5.41, 5.74) is 0. The molecule has 14 nitrogen and oxygen atoms in total.